The highest BCUT2D eigenvalue weighted by Crippen LogP contribution is 2.47. The molecule has 4 nitrogen and oxygen atoms in total. The third kappa shape index (κ3) is 5.08. The summed E-state index contributed by atoms with van der Waals surface area (Å²) in [7, 11) is 0. The van der Waals surface area contributed by atoms with Gasteiger partial charge in [-0.25, -0.2) is 15.0 Å². The number of hydrogen-bond donors (Lipinski definition) is 0. The van der Waals surface area contributed by atoms with Gasteiger partial charge in [0.2, 0.25) is 0 Å². The molecule has 0 unspecified atom stereocenters. The van der Waals surface area contributed by atoms with Crippen LogP contribution in [0.5, 0.6) is 0 Å². The van der Waals surface area contributed by atoms with E-state index in [0.717, 1.165) is 16.7 Å². The summed E-state index contributed by atoms with van der Waals surface area (Å²) in [6.45, 7) is 0. The molecule has 4 heterocycles. The zero-order valence-electron chi connectivity index (χ0n) is 30.4. The summed E-state index contributed by atoms with van der Waals surface area (Å²) in [4.78, 5) is 15.2. The summed E-state index contributed by atoms with van der Waals surface area (Å²) in [5.41, 5.74) is 9.00. The van der Waals surface area contributed by atoms with E-state index in [9.17, 15) is 0 Å². The minimum absolute atomic E-state index is 0.660. The molecule has 0 N–H and O–H groups in total. The van der Waals surface area contributed by atoms with Crippen molar-refractivity contribution in [1.82, 2.24) is 19.5 Å². The molecule has 12 aromatic rings. The average molecular weight is 763 g/mol. The number of hydrogen-bond acceptors (Lipinski definition) is 5. The van der Waals surface area contributed by atoms with Crippen molar-refractivity contribution >= 4 is 84.8 Å². The first-order chi connectivity index (χ1) is 28.3. The van der Waals surface area contributed by atoms with E-state index in [1.54, 1.807) is 0 Å². The first kappa shape index (κ1) is 32.3. The van der Waals surface area contributed by atoms with Crippen LogP contribution in [-0.4, -0.2) is 19.5 Å². The van der Waals surface area contributed by atoms with Crippen LogP contribution >= 0.6 is 22.7 Å². The lowest BCUT2D eigenvalue weighted by Crippen LogP contribution is -2.00. The van der Waals surface area contributed by atoms with Gasteiger partial charge in [0.1, 0.15) is 0 Å². The fourth-order valence-corrected chi connectivity index (χ4v) is 10.9. The van der Waals surface area contributed by atoms with E-state index in [1.807, 2.05) is 59.1 Å². The fraction of sp³-hybridized carbons (Fsp3) is 0. The quantitative estimate of drug-likeness (QED) is 0.175. The Hall–Kier alpha value is -6.99. The third-order valence-electron chi connectivity index (χ3n) is 11.1. The van der Waals surface area contributed by atoms with Gasteiger partial charge >= 0.3 is 0 Å². The minimum Gasteiger partial charge on any atom is -0.309 e. The van der Waals surface area contributed by atoms with Crippen molar-refractivity contribution in [2.75, 3.05) is 0 Å². The topological polar surface area (TPSA) is 43.6 Å². The molecule has 8 aromatic carbocycles. The predicted molar refractivity (Wildman–Crippen MR) is 242 cm³/mol. The van der Waals surface area contributed by atoms with Crippen LogP contribution in [0.3, 0.4) is 0 Å². The maximum absolute atomic E-state index is 5.13. The summed E-state index contributed by atoms with van der Waals surface area (Å²) in [6, 6.07) is 64.8. The van der Waals surface area contributed by atoms with Crippen molar-refractivity contribution < 1.29 is 0 Å². The van der Waals surface area contributed by atoms with Crippen LogP contribution in [0.1, 0.15) is 0 Å². The molecule has 0 bridgehead atoms. The molecule has 0 aliphatic rings. The highest BCUT2D eigenvalue weighted by molar-refractivity contribution is 7.27. The Labute approximate surface area is 335 Å². The largest absolute Gasteiger partial charge is 0.309 e. The number of para-hydroxylation sites is 2. The van der Waals surface area contributed by atoms with Crippen LogP contribution in [0, 0.1) is 0 Å². The Bertz CT molecular complexity index is 3410. The second kappa shape index (κ2) is 12.8. The van der Waals surface area contributed by atoms with Crippen LogP contribution in [-0.2, 0) is 0 Å². The van der Waals surface area contributed by atoms with Gasteiger partial charge in [0, 0.05) is 79.1 Å². The molecule has 6 heteroatoms. The van der Waals surface area contributed by atoms with E-state index in [0.29, 0.717) is 17.5 Å². The van der Waals surface area contributed by atoms with Gasteiger partial charge in [-0.2, -0.15) is 0 Å². The van der Waals surface area contributed by atoms with Crippen LogP contribution in [0.4, 0.5) is 0 Å². The number of aromatic nitrogens is 4. The van der Waals surface area contributed by atoms with Gasteiger partial charge in [-0.3, -0.25) is 0 Å². The third-order valence-corrected chi connectivity index (χ3v) is 13.4. The van der Waals surface area contributed by atoms with Crippen molar-refractivity contribution in [3.05, 3.63) is 182 Å². The molecule has 0 aliphatic heterocycles. The fourth-order valence-electron chi connectivity index (χ4n) is 8.55. The van der Waals surface area contributed by atoms with Crippen LogP contribution in [0.15, 0.2) is 182 Å². The zero-order chi connectivity index (χ0) is 37.5. The SMILES string of the molecule is c1ccc(-c2nc(-c3ccccc3)nc(-c3cccc4sc5c(-c6cccc7sc8ccc(-n9c%10ccccc%10c%10ccccc%109)cc8c67)cccc5c34)n2)cc1. The summed E-state index contributed by atoms with van der Waals surface area (Å²) in [5.74, 6) is 1.99. The van der Waals surface area contributed by atoms with Gasteiger partial charge in [-0.15, -0.1) is 22.7 Å². The molecular formula is C51H30N4S2. The molecule has 0 saturated carbocycles. The van der Waals surface area contributed by atoms with Gasteiger partial charge in [0.25, 0.3) is 0 Å². The maximum atomic E-state index is 5.13. The summed E-state index contributed by atoms with van der Waals surface area (Å²) < 4.78 is 7.44. The molecule has 0 amide bonds. The van der Waals surface area contributed by atoms with Crippen molar-refractivity contribution in [3.63, 3.8) is 0 Å². The lowest BCUT2D eigenvalue weighted by molar-refractivity contribution is 1.08. The predicted octanol–water partition coefficient (Wildman–Crippen LogP) is 14.4. The molecule has 0 saturated heterocycles. The number of thiophene rings is 2. The highest BCUT2D eigenvalue weighted by Gasteiger charge is 2.21. The lowest BCUT2D eigenvalue weighted by Gasteiger charge is -2.10. The Kier molecular flexibility index (Phi) is 7.24. The second-order valence-electron chi connectivity index (χ2n) is 14.3. The normalized spacial score (nSPS) is 11.9. The van der Waals surface area contributed by atoms with E-state index in [2.05, 4.69) is 150 Å². The molecule has 0 atom stereocenters. The van der Waals surface area contributed by atoms with Gasteiger partial charge < -0.3 is 4.57 Å². The van der Waals surface area contributed by atoms with E-state index < -0.39 is 0 Å². The lowest BCUT2D eigenvalue weighted by atomic mass is 9.97. The van der Waals surface area contributed by atoms with Gasteiger partial charge in [0.15, 0.2) is 17.5 Å². The molecule has 57 heavy (non-hydrogen) atoms. The van der Waals surface area contributed by atoms with Crippen molar-refractivity contribution in [3.8, 4) is 51.0 Å². The first-order valence-electron chi connectivity index (χ1n) is 19.0. The van der Waals surface area contributed by atoms with E-state index in [1.165, 1.54) is 79.0 Å². The summed E-state index contributed by atoms with van der Waals surface area (Å²) in [5, 5.41) is 7.47. The molecule has 0 aliphatic carbocycles. The second-order valence-corrected chi connectivity index (χ2v) is 16.5. The Morgan fingerprint density at radius 2 is 0.877 bits per heavy atom. The number of fused-ring (bicyclic) bond motifs is 9. The standard InChI is InChI=1S/C51H30N4S2/c1-3-14-31(15-4-1)49-52-50(32-16-5-2-6-17-32)54-51(53-49)39-23-13-27-45-47(39)38-22-11-21-37(48(38)57-45)36-20-12-26-44-46(36)40-30-33(28-29-43(40)56-44)55-41-24-9-7-18-34(41)35-19-8-10-25-42(35)55/h1-30H. The molecular weight excluding hydrogens is 733 g/mol. The van der Waals surface area contributed by atoms with Crippen LogP contribution in [0.2, 0.25) is 0 Å². The number of nitrogens with zero attached hydrogens (tertiary/aromatic N) is 4. The molecule has 0 fully saturated rings. The van der Waals surface area contributed by atoms with Crippen LogP contribution < -0.4 is 0 Å². The Morgan fingerprint density at radius 1 is 0.351 bits per heavy atom. The molecule has 12 rings (SSSR count). The van der Waals surface area contributed by atoms with Crippen molar-refractivity contribution in [2.45, 2.75) is 0 Å². The Morgan fingerprint density at radius 3 is 1.56 bits per heavy atom. The number of benzene rings is 8. The first-order valence-corrected chi connectivity index (χ1v) is 20.7. The molecule has 0 radical (unpaired) electrons. The average Bonchev–Trinajstić information content (AvgIpc) is 3.96. The van der Waals surface area contributed by atoms with Gasteiger partial charge in [-0.1, -0.05) is 140 Å². The van der Waals surface area contributed by atoms with Crippen molar-refractivity contribution in [2.24, 2.45) is 0 Å². The van der Waals surface area contributed by atoms with Crippen LogP contribution in [0.25, 0.3) is 113 Å². The minimum atomic E-state index is 0.660. The Balaban J connectivity index is 1.07. The number of rotatable bonds is 5. The highest BCUT2D eigenvalue weighted by atomic mass is 32.1. The summed E-state index contributed by atoms with van der Waals surface area (Å²) in [6.07, 6.45) is 0. The molecule has 0 spiro atoms. The zero-order valence-corrected chi connectivity index (χ0v) is 32.1. The van der Waals surface area contributed by atoms with Crippen molar-refractivity contribution in [1.29, 1.82) is 0 Å². The summed E-state index contributed by atoms with van der Waals surface area (Å²) >= 11 is 3.71. The monoisotopic (exact) mass is 762 g/mol. The van der Waals surface area contributed by atoms with Gasteiger partial charge in [0.05, 0.1) is 11.0 Å². The molecule has 4 aromatic heterocycles. The van der Waals surface area contributed by atoms with Gasteiger partial charge in [-0.05, 0) is 48.0 Å². The van der Waals surface area contributed by atoms with E-state index >= 15 is 0 Å². The maximum Gasteiger partial charge on any atom is 0.164 e. The van der Waals surface area contributed by atoms with E-state index in [4.69, 9.17) is 15.0 Å². The smallest absolute Gasteiger partial charge is 0.164 e. The van der Waals surface area contributed by atoms with E-state index in [-0.39, 0.29) is 0 Å². The molecule has 266 valence electrons.